The fourth-order valence-corrected chi connectivity index (χ4v) is 2.13. The molecule has 0 rings (SSSR count). The molecule has 1 atom stereocenters. The Labute approximate surface area is 113 Å². The van der Waals surface area contributed by atoms with Crippen LogP contribution in [0.25, 0.3) is 0 Å². The molecule has 2 N–H and O–H groups in total. The molecule has 3 heteroatoms. The van der Waals surface area contributed by atoms with Gasteiger partial charge in [-0.25, -0.2) is 0 Å². The third kappa shape index (κ3) is 13.9. The van der Waals surface area contributed by atoms with Gasteiger partial charge in [0.25, 0.3) is 0 Å². The van der Waals surface area contributed by atoms with Crippen LogP contribution in [0.5, 0.6) is 0 Å². The van der Waals surface area contributed by atoms with Crippen LogP contribution in [0.2, 0.25) is 0 Å². The lowest BCUT2D eigenvalue weighted by Gasteiger charge is -2.23. The van der Waals surface area contributed by atoms with Crippen LogP contribution >= 0.6 is 0 Å². The van der Waals surface area contributed by atoms with Gasteiger partial charge in [-0.15, -0.1) is 0 Å². The number of hydrogen-bond acceptors (Lipinski definition) is 3. The standard InChI is InChI=1S/C15H33NO2/c1-14(13-15(2,3)4)7-11-17-9-5-6-10-18-12-8-16/h14H,5-13,16H2,1-4H3. The molecule has 110 valence electrons. The zero-order valence-electron chi connectivity index (χ0n) is 12.8. The van der Waals surface area contributed by atoms with Crippen LogP contribution in [0.1, 0.15) is 53.4 Å². The van der Waals surface area contributed by atoms with Gasteiger partial charge < -0.3 is 15.2 Å². The maximum atomic E-state index is 5.65. The van der Waals surface area contributed by atoms with E-state index in [2.05, 4.69) is 27.7 Å². The number of rotatable bonds is 11. The molecule has 0 aliphatic heterocycles. The predicted octanol–water partition coefficient (Wildman–Crippen LogP) is 3.22. The highest BCUT2D eigenvalue weighted by molar-refractivity contribution is 4.66. The van der Waals surface area contributed by atoms with Crippen molar-refractivity contribution in [3.8, 4) is 0 Å². The molecule has 1 unspecified atom stereocenters. The summed E-state index contributed by atoms with van der Waals surface area (Å²) < 4.78 is 10.9. The summed E-state index contributed by atoms with van der Waals surface area (Å²) in [6, 6.07) is 0. The number of ether oxygens (including phenoxy) is 2. The van der Waals surface area contributed by atoms with E-state index in [1.807, 2.05) is 0 Å². The Hall–Kier alpha value is -0.120. The summed E-state index contributed by atoms with van der Waals surface area (Å²) in [6.07, 6.45) is 4.58. The van der Waals surface area contributed by atoms with E-state index in [1.165, 1.54) is 12.8 Å². The zero-order chi connectivity index (χ0) is 13.9. The van der Waals surface area contributed by atoms with Crippen LogP contribution in [-0.4, -0.2) is 33.0 Å². The minimum atomic E-state index is 0.430. The largest absolute Gasteiger partial charge is 0.381 e. The molecule has 0 aromatic heterocycles. The third-order valence-electron chi connectivity index (χ3n) is 2.81. The Kier molecular flexibility index (Phi) is 10.7. The fourth-order valence-electron chi connectivity index (χ4n) is 2.13. The maximum absolute atomic E-state index is 5.65. The van der Waals surface area contributed by atoms with Crippen molar-refractivity contribution in [2.75, 3.05) is 33.0 Å². The molecular formula is C15H33NO2. The summed E-state index contributed by atoms with van der Waals surface area (Å²) in [6.45, 7) is 13.0. The highest BCUT2D eigenvalue weighted by Gasteiger charge is 2.14. The van der Waals surface area contributed by atoms with Gasteiger partial charge in [0.05, 0.1) is 6.61 Å². The SMILES string of the molecule is CC(CCOCCCCOCCN)CC(C)(C)C. The molecule has 0 aromatic carbocycles. The first kappa shape index (κ1) is 17.9. The number of nitrogens with two attached hydrogens (primary N) is 1. The summed E-state index contributed by atoms with van der Waals surface area (Å²) in [7, 11) is 0. The van der Waals surface area contributed by atoms with E-state index in [4.69, 9.17) is 15.2 Å². The molecule has 0 saturated heterocycles. The van der Waals surface area contributed by atoms with Gasteiger partial charge in [-0.1, -0.05) is 27.7 Å². The van der Waals surface area contributed by atoms with Crippen LogP contribution in [0, 0.1) is 11.3 Å². The molecule has 18 heavy (non-hydrogen) atoms. The van der Waals surface area contributed by atoms with Crippen molar-refractivity contribution in [3.63, 3.8) is 0 Å². The van der Waals surface area contributed by atoms with E-state index >= 15 is 0 Å². The Bertz CT molecular complexity index is 178. The molecular weight excluding hydrogens is 226 g/mol. The normalized spacial score (nSPS) is 13.8. The van der Waals surface area contributed by atoms with Gasteiger partial charge in [-0.2, -0.15) is 0 Å². The highest BCUT2D eigenvalue weighted by atomic mass is 16.5. The van der Waals surface area contributed by atoms with E-state index in [-0.39, 0.29) is 0 Å². The molecule has 0 amide bonds. The molecule has 3 nitrogen and oxygen atoms in total. The van der Waals surface area contributed by atoms with E-state index in [0.29, 0.717) is 18.6 Å². The van der Waals surface area contributed by atoms with E-state index < -0.39 is 0 Å². The molecule has 0 aromatic rings. The molecule has 0 fully saturated rings. The highest BCUT2D eigenvalue weighted by Crippen LogP contribution is 2.25. The number of hydrogen-bond donors (Lipinski definition) is 1. The van der Waals surface area contributed by atoms with Gasteiger partial charge >= 0.3 is 0 Å². The smallest absolute Gasteiger partial charge is 0.0588 e. The second-order valence-corrected chi connectivity index (χ2v) is 6.38. The monoisotopic (exact) mass is 259 g/mol. The second kappa shape index (κ2) is 10.8. The van der Waals surface area contributed by atoms with E-state index in [0.717, 1.165) is 38.6 Å². The van der Waals surface area contributed by atoms with Crippen molar-refractivity contribution in [2.24, 2.45) is 17.1 Å². The molecule has 0 aliphatic rings. The van der Waals surface area contributed by atoms with Crippen molar-refractivity contribution in [2.45, 2.75) is 53.4 Å². The lowest BCUT2D eigenvalue weighted by Crippen LogP contribution is -2.13. The topological polar surface area (TPSA) is 44.5 Å². The minimum absolute atomic E-state index is 0.430. The zero-order valence-corrected chi connectivity index (χ0v) is 12.8. The van der Waals surface area contributed by atoms with Crippen molar-refractivity contribution in [1.82, 2.24) is 0 Å². The summed E-state index contributed by atoms with van der Waals surface area (Å²) >= 11 is 0. The van der Waals surface area contributed by atoms with Crippen molar-refractivity contribution < 1.29 is 9.47 Å². The van der Waals surface area contributed by atoms with Crippen LogP contribution in [0.3, 0.4) is 0 Å². The van der Waals surface area contributed by atoms with Crippen molar-refractivity contribution in [1.29, 1.82) is 0 Å². The van der Waals surface area contributed by atoms with Crippen LogP contribution in [0.15, 0.2) is 0 Å². The first-order valence-electron chi connectivity index (χ1n) is 7.31. The van der Waals surface area contributed by atoms with Crippen LogP contribution < -0.4 is 5.73 Å². The quantitative estimate of drug-likeness (QED) is 0.579. The minimum Gasteiger partial charge on any atom is -0.381 e. The second-order valence-electron chi connectivity index (χ2n) is 6.38. The van der Waals surface area contributed by atoms with Gasteiger partial charge in [0.1, 0.15) is 0 Å². The Morgan fingerprint density at radius 3 is 2.00 bits per heavy atom. The van der Waals surface area contributed by atoms with Crippen LogP contribution in [-0.2, 0) is 9.47 Å². The molecule has 0 radical (unpaired) electrons. The molecule has 0 bridgehead atoms. The first-order chi connectivity index (χ1) is 8.45. The maximum Gasteiger partial charge on any atom is 0.0588 e. The summed E-state index contributed by atoms with van der Waals surface area (Å²) in [5.41, 5.74) is 5.76. The predicted molar refractivity (Wildman–Crippen MR) is 77.8 cm³/mol. The third-order valence-corrected chi connectivity index (χ3v) is 2.81. The average Bonchev–Trinajstić information content (AvgIpc) is 2.24. The summed E-state index contributed by atoms with van der Waals surface area (Å²) in [5, 5.41) is 0. The van der Waals surface area contributed by atoms with Gasteiger partial charge in [0.2, 0.25) is 0 Å². The molecule has 0 saturated carbocycles. The first-order valence-corrected chi connectivity index (χ1v) is 7.31. The summed E-state index contributed by atoms with van der Waals surface area (Å²) in [4.78, 5) is 0. The lowest BCUT2D eigenvalue weighted by molar-refractivity contribution is 0.0960. The van der Waals surface area contributed by atoms with Crippen molar-refractivity contribution in [3.05, 3.63) is 0 Å². The molecule has 0 aliphatic carbocycles. The van der Waals surface area contributed by atoms with Crippen LogP contribution in [0.4, 0.5) is 0 Å². The summed E-state index contributed by atoms with van der Waals surface area (Å²) in [5.74, 6) is 0.748. The Morgan fingerprint density at radius 1 is 0.944 bits per heavy atom. The van der Waals surface area contributed by atoms with Gasteiger partial charge in [0, 0.05) is 26.4 Å². The lowest BCUT2D eigenvalue weighted by atomic mass is 9.84. The average molecular weight is 259 g/mol. The fraction of sp³-hybridized carbons (Fsp3) is 1.00. The Morgan fingerprint density at radius 2 is 1.50 bits per heavy atom. The van der Waals surface area contributed by atoms with E-state index in [9.17, 15) is 0 Å². The number of unbranched alkanes of at least 4 members (excludes halogenated alkanes) is 1. The molecule has 0 spiro atoms. The van der Waals surface area contributed by atoms with Gasteiger partial charge in [-0.05, 0) is 37.0 Å². The molecule has 0 heterocycles. The van der Waals surface area contributed by atoms with Gasteiger partial charge in [0.15, 0.2) is 0 Å². The van der Waals surface area contributed by atoms with Crippen molar-refractivity contribution >= 4 is 0 Å². The van der Waals surface area contributed by atoms with Gasteiger partial charge in [-0.3, -0.25) is 0 Å². The van der Waals surface area contributed by atoms with E-state index in [1.54, 1.807) is 0 Å². The Balaban J connectivity index is 3.20.